The monoisotopic (exact) mass is 289 g/mol. The van der Waals surface area contributed by atoms with Crippen molar-refractivity contribution >= 4 is 5.78 Å². The van der Waals surface area contributed by atoms with Gasteiger partial charge in [0.2, 0.25) is 5.43 Å². The molecule has 2 fully saturated rings. The van der Waals surface area contributed by atoms with Gasteiger partial charge in [-0.05, 0) is 43.9 Å². The van der Waals surface area contributed by atoms with Crippen molar-refractivity contribution in [1.29, 1.82) is 0 Å². The number of nitrogens with zero attached hydrogens (tertiary/aromatic N) is 1. The molecule has 1 N–H and O–H groups in total. The molecular weight excluding hydrogens is 266 g/mol. The van der Waals surface area contributed by atoms with Gasteiger partial charge in [-0.2, -0.15) is 0 Å². The summed E-state index contributed by atoms with van der Waals surface area (Å²) in [6.07, 6.45) is 11.0. The molecule has 0 saturated heterocycles. The predicted octanol–water partition coefficient (Wildman–Crippen LogP) is 2.97. The predicted molar refractivity (Wildman–Crippen MR) is 80.5 cm³/mol. The van der Waals surface area contributed by atoms with Crippen molar-refractivity contribution in [3.63, 3.8) is 0 Å². The summed E-state index contributed by atoms with van der Waals surface area (Å²) < 4.78 is 1.83. The Kier molecular flexibility index (Phi) is 3.87. The maximum Gasteiger partial charge on any atom is 0.233 e. The molecule has 0 aliphatic heterocycles. The molecule has 3 rings (SSSR count). The Bertz CT molecular complexity index is 593. The van der Waals surface area contributed by atoms with Gasteiger partial charge in [-0.25, -0.2) is 0 Å². The fourth-order valence-electron chi connectivity index (χ4n) is 4.29. The number of Topliss-reactive ketones (excluding diaryl/α,β-unsaturated/α-hetero) is 1. The molecular formula is C17H23NO3. The van der Waals surface area contributed by atoms with Crippen molar-refractivity contribution < 1.29 is 9.90 Å². The van der Waals surface area contributed by atoms with E-state index in [1.807, 2.05) is 4.57 Å². The van der Waals surface area contributed by atoms with Crippen LogP contribution in [0.15, 0.2) is 17.2 Å². The normalized spacial score (nSPS) is 28.3. The SMILES string of the molecule is CC(=O)c1cn(CC2CC3CCCC(C3)C2)cc(O)c1=O. The Balaban J connectivity index is 1.79. The van der Waals surface area contributed by atoms with E-state index in [0.717, 1.165) is 18.4 Å². The average Bonchev–Trinajstić information content (AvgIpc) is 2.42. The standard InChI is InChI=1S/C17H23NO3/c1-11(19)15-9-18(10-16(20)17(15)21)8-14-6-12-3-2-4-13(5-12)7-14/h9-10,12-14,20H,2-8H2,1H3. The molecule has 114 valence electrons. The van der Waals surface area contributed by atoms with E-state index in [2.05, 4.69) is 0 Å². The topological polar surface area (TPSA) is 59.3 Å². The Morgan fingerprint density at radius 2 is 1.90 bits per heavy atom. The zero-order chi connectivity index (χ0) is 15.0. The molecule has 2 atom stereocenters. The second-order valence-electron chi connectivity index (χ2n) is 6.88. The molecule has 1 aromatic rings. The molecule has 0 aromatic carbocycles. The van der Waals surface area contributed by atoms with E-state index in [0.29, 0.717) is 5.92 Å². The number of hydrogen-bond acceptors (Lipinski definition) is 3. The van der Waals surface area contributed by atoms with Crippen LogP contribution in [-0.4, -0.2) is 15.5 Å². The van der Waals surface area contributed by atoms with Crippen LogP contribution in [0.2, 0.25) is 0 Å². The van der Waals surface area contributed by atoms with Gasteiger partial charge in [-0.3, -0.25) is 9.59 Å². The van der Waals surface area contributed by atoms with Gasteiger partial charge in [0.05, 0.1) is 5.56 Å². The van der Waals surface area contributed by atoms with Crippen LogP contribution >= 0.6 is 0 Å². The summed E-state index contributed by atoms with van der Waals surface area (Å²) in [7, 11) is 0. The lowest BCUT2D eigenvalue weighted by molar-refractivity contribution is 0.101. The molecule has 1 heterocycles. The molecule has 2 bridgehead atoms. The number of aromatic nitrogens is 1. The quantitative estimate of drug-likeness (QED) is 0.870. The Morgan fingerprint density at radius 1 is 1.24 bits per heavy atom. The minimum Gasteiger partial charge on any atom is -0.503 e. The first kappa shape index (κ1) is 14.4. The third-order valence-electron chi connectivity index (χ3n) is 5.13. The van der Waals surface area contributed by atoms with Crippen LogP contribution < -0.4 is 5.43 Å². The lowest BCUT2D eigenvalue weighted by Crippen LogP contribution is -2.29. The maximum atomic E-state index is 11.7. The number of rotatable bonds is 3. The molecule has 0 spiro atoms. The van der Waals surface area contributed by atoms with E-state index < -0.39 is 5.43 Å². The lowest BCUT2D eigenvalue weighted by Gasteiger charge is -2.39. The van der Waals surface area contributed by atoms with Crippen LogP contribution in [0.3, 0.4) is 0 Å². The Morgan fingerprint density at radius 3 is 2.52 bits per heavy atom. The molecule has 0 radical (unpaired) electrons. The van der Waals surface area contributed by atoms with E-state index in [9.17, 15) is 14.7 Å². The molecule has 2 aliphatic carbocycles. The van der Waals surface area contributed by atoms with E-state index >= 15 is 0 Å². The van der Waals surface area contributed by atoms with Crippen LogP contribution in [0.25, 0.3) is 0 Å². The molecule has 0 amide bonds. The van der Waals surface area contributed by atoms with Crippen LogP contribution in [0.4, 0.5) is 0 Å². The maximum absolute atomic E-state index is 11.7. The third-order valence-corrected chi connectivity index (χ3v) is 5.13. The molecule has 1 aromatic heterocycles. The van der Waals surface area contributed by atoms with Gasteiger partial charge in [0.15, 0.2) is 11.5 Å². The van der Waals surface area contributed by atoms with Crippen molar-refractivity contribution in [3.8, 4) is 5.75 Å². The lowest BCUT2D eigenvalue weighted by atomic mass is 9.68. The fourth-order valence-corrected chi connectivity index (χ4v) is 4.29. The van der Waals surface area contributed by atoms with Gasteiger partial charge in [-0.15, -0.1) is 0 Å². The molecule has 4 nitrogen and oxygen atoms in total. The average molecular weight is 289 g/mol. The van der Waals surface area contributed by atoms with Gasteiger partial charge in [0.25, 0.3) is 0 Å². The van der Waals surface area contributed by atoms with Crippen molar-refractivity contribution in [1.82, 2.24) is 4.57 Å². The van der Waals surface area contributed by atoms with Gasteiger partial charge in [0, 0.05) is 18.9 Å². The second kappa shape index (κ2) is 5.66. The highest BCUT2D eigenvalue weighted by Crippen LogP contribution is 2.42. The first-order chi connectivity index (χ1) is 10.0. The van der Waals surface area contributed by atoms with Crippen LogP contribution in [0.1, 0.15) is 55.8 Å². The molecule has 2 unspecified atom stereocenters. The van der Waals surface area contributed by atoms with Crippen LogP contribution in [-0.2, 0) is 6.54 Å². The second-order valence-corrected chi connectivity index (χ2v) is 6.88. The van der Waals surface area contributed by atoms with Crippen molar-refractivity contribution in [3.05, 3.63) is 28.2 Å². The zero-order valence-corrected chi connectivity index (χ0v) is 12.5. The Labute approximate surface area is 124 Å². The number of hydrogen-bond donors (Lipinski definition) is 1. The van der Waals surface area contributed by atoms with Gasteiger partial charge < -0.3 is 9.67 Å². The number of ketones is 1. The highest BCUT2D eigenvalue weighted by Gasteiger charge is 2.31. The fraction of sp³-hybridized carbons (Fsp3) is 0.647. The highest BCUT2D eigenvalue weighted by atomic mass is 16.3. The zero-order valence-electron chi connectivity index (χ0n) is 12.5. The number of carbonyl (C=O) groups excluding carboxylic acids is 1. The molecule has 4 heteroatoms. The van der Waals surface area contributed by atoms with Gasteiger partial charge in [-0.1, -0.05) is 19.3 Å². The minimum absolute atomic E-state index is 0.0889. The summed E-state index contributed by atoms with van der Waals surface area (Å²) in [5.41, 5.74) is -0.467. The van der Waals surface area contributed by atoms with Crippen molar-refractivity contribution in [2.75, 3.05) is 0 Å². The minimum atomic E-state index is -0.556. The number of carbonyl (C=O) groups is 1. The Hall–Kier alpha value is -1.58. The summed E-state index contributed by atoms with van der Waals surface area (Å²) in [6, 6.07) is 0. The van der Waals surface area contributed by atoms with E-state index in [-0.39, 0.29) is 17.1 Å². The summed E-state index contributed by atoms with van der Waals surface area (Å²) in [6.45, 7) is 2.16. The summed E-state index contributed by atoms with van der Waals surface area (Å²) in [5, 5.41) is 9.74. The third kappa shape index (κ3) is 3.04. The van der Waals surface area contributed by atoms with Crippen LogP contribution in [0, 0.1) is 17.8 Å². The number of fused-ring (bicyclic) bond motifs is 2. The van der Waals surface area contributed by atoms with Crippen molar-refractivity contribution in [2.45, 2.75) is 52.0 Å². The summed E-state index contributed by atoms with van der Waals surface area (Å²) in [4.78, 5) is 23.2. The van der Waals surface area contributed by atoms with E-state index in [1.54, 1.807) is 6.20 Å². The smallest absolute Gasteiger partial charge is 0.233 e. The largest absolute Gasteiger partial charge is 0.503 e. The van der Waals surface area contributed by atoms with E-state index in [1.165, 1.54) is 51.6 Å². The van der Waals surface area contributed by atoms with E-state index in [4.69, 9.17) is 0 Å². The van der Waals surface area contributed by atoms with Gasteiger partial charge >= 0.3 is 0 Å². The summed E-state index contributed by atoms with van der Waals surface area (Å²) in [5.74, 6) is 1.69. The first-order valence-corrected chi connectivity index (χ1v) is 7.97. The molecule has 2 aliphatic rings. The molecule has 2 saturated carbocycles. The molecule has 21 heavy (non-hydrogen) atoms. The highest BCUT2D eigenvalue weighted by molar-refractivity contribution is 5.93. The first-order valence-electron chi connectivity index (χ1n) is 7.97. The van der Waals surface area contributed by atoms with Gasteiger partial charge in [0.1, 0.15) is 0 Å². The van der Waals surface area contributed by atoms with Crippen LogP contribution in [0.5, 0.6) is 5.75 Å². The number of pyridine rings is 1. The summed E-state index contributed by atoms with van der Waals surface area (Å²) >= 11 is 0. The number of aromatic hydroxyl groups is 1. The van der Waals surface area contributed by atoms with Crippen molar-refractivity contribution in [2.24, 2.45) is 17.8 Å².